The molecule has 1 fully saturated rings. The van der Waals surface area contributed by atoms with Gasteiger partial charge in [0.15, 0.2) is 0 Å². The average Bonchev–Trinajstić information content (AvgIpc) is 3.15. The Bertz CT molecular complexity index is 636. The van der Waals surface area contributed by atoms with E-state index in [1.54, 1.807) is 10.3 Å². The fraction of sp³-hybridized carbons (Fsp3) is 0.400. The van der Waals surface area contributed by atoms with Crippen LogP contribution in [-0.4, -0.2) is 30.6 Å². The van der Waals surface area contributed by atoms with Crippen LogP contribution in [0, 0.1) is 5.82 Å². The van der Waals surface area contributed by atoms with Gasteiger partial charge in [-0.05, 0) is 23.6 Å². The molecule has 4 nitrogen and oxygen atoms in total. The van der Waals surface area contributed by atoms with Gasteiger partial charge in [0.2, 0.25) is 0 Å². The highest BCUT2D eigenvalue weighted by molar-refractivity contribution is 7.12. The molecule has 0 aromatic carbocycles. The number of ether oxygens (including phenoxy) is 1. The van der Waals surface area contributed by atoms with Crippen LogP contribution in [0.25, 0.3) is 0 Å². The maximum Gasteiger partial charge on any atom is 0.267 e. The first-order valence-electron chi connectivity index (χ1n) is 6.91. The molecule has 112 valence electrons. The lowest BCUT2D eigenvalue weighted by molar-refractivity contribution is -0.00896. The molecule has 2 aromatic rings. The Morgan fingerprint density at radius 3 is 3.00 bits per heavy atom. The highest BCUT2D eigenvalue weighted by atomic mass is 32.1. The van der Waals surface area contributed by atoms with E-state index in [-0.39, 0.29) is 16.8 Å². The van der Waals surface area contributed by atoms with E-state index in [2.05, 4.69) is 0 Å². The maximum atomic E-state index is 13.7. The standard InChI is InChI=1S/C15H16FNO3S/c1-2-10-3-4-13(20-10)12-9-19-7-6-17(12)15(18)14-11(16)5-8-21-14/h3-5,8,12H,2,6-7,9H2,1H3. The fourth-order valence-electron chi connectivity index (χ4n) is 2.42. The lowest BCUT2D eigenvalue weighted by Gasteiger charge is -2.34. The van der Waals surface area contributed by atoms with E-state index >= 15 is 0 Å². The van der Waals surface area contributed by atoms with Crippen LogP contribution in [0.1, 0.15) is 34.2 Å². The number of furan rings is 1. The molecule has 0 saturated carbocycles. The zero-order chi connectivity index (χ0) is 14.8. The maximum absolute atomic E-state index is 13.7. The van der Waals surface area contributed by atoms with Gasteiger partial charge in [0.05, 0.1) is 13.2 Å². The molecular formula is C15H16FNO3S. The number of amides is 1. The molecule has 1 aliphatic heterocycles. The summed E-state index contributed by atoms with van der Waals surface area (Å²) in [6.07, 6.45) is 0.793. The second-order valence-electron chi connectivity index (χ2n) is 4.84. The Hall–Kier alpha value is -1.66. The predicted molar refractivity (Wildman–Crippen MR) is 77.0 cm³/mol. The van der Waals surface area contributed by atoms with E-state index < -0.39 is 5.82 Å². The monoisotopic (exact) mass is 309 g/mol. The van der Waals surface area contributed by atoms with Crippen molar-refractivity contribution in [3.05, 3.63) is 45.8 Å². The van der Waals surface area contributed by atoms with Gasteiger partial charge in [0.1, 0.15) is 28.3 Å². The summed E-state index contributed by atoms with van der Waals surface area (Å²) in [6, 6.07) is 4.78. The number of thiophene rings is 1. The molecule has 1 atom stereocenters. The van der Waals surface area contributed by atoms with Crippen molar-refractivity contribution in [1.82, 2.24) is 4.90 Å². The van der Waals surface area contributed by atoms with Gasteiger partial charge in [-0.25, -0.2) is 4.39 Å². The third-order valence-corrected chi connectivity index (χ3v) is 4.44. The molecule has 0 aliphatic carbocycles. The van der Waals surface area contributed by atoms with Gasteiger partial charge in [0, 0.05) is 13.0 Å². The topological polar surface area (TPSA) is 42.7 Å². The van der Waals surface area contributed by atoms with Gasteiger partial charge in [-0.3, -0.25) is 4.79 Å². The number of carbonyl (C=O) groups excluding carboxylic acids is 1. The Balaban J connectivity index is 1.87. The summed E-state index contributed by atoms with van der Waals surface area (Å²) in [5.74, 6) is 0.788. The molecule has 0 radical (unpaired) electrons. The smallest absolute Gasteiger partial charge is 0.267 e. The Morgan fingerprint density at radius 1 is 1.48 bits per heavy atom. The number of carbonyl (C=O) groups is 1. The van der Waals surface area contributed by atoms with E-state index in [9.17, 15) is 9.18 Å². The molecule has 0 N–H and O–H groups in total. The van der Waals surface area contributed by atoms with Crippen LogP contribution < -0.4 is 0 Å². The van der Waals surface area contributed by atoms with Gasteiger partial charge >= 0.3 is 0 Å². The molecular weight excluding hydrogens is 293 g/mol. The predicted octanol–water partition coefficient (Wildman–Crippen LogP) is 3.26. The number of aryl methyl sites for hydroxylation is 1. The Kier molecular flexibility index (Phi) is 4.07. The molecule has 6 heteroatoms. The minimum atomic E-state index is -0.469. The van der Waals surface area contributed by atoms with Crippen LogP contribution in [0.4, 0.5) is 4.39 Å². The fourth-order valence-corrected chi connectivity index (χ4v) is 3.15. The number of hydrogen-bond donors (Lipinski definition) is 0. The summed E-state index contributed by atoms with van der Waals surface area (Å²) < 4.78 is 24.9. The number of halogens is 1. The number of hydrogen-bond acceptors (Lipinski definition) is 4. The summed E-state index contributed by atoms with van der Waals surface area (Å²) >= 11 is 1.12. The molecule has 1 aliphatic rings. The van der Waals surface area contributed by atoms with Gasteiger partial charge < -0.3 is 14.1 Å². The van der Waals surface area contributed by atoms with Gasteiger partial charge in [-0.2, -0.15) is 0 Å². The van der Waals surface area contributed by atoms with E-state index in [0.29, 0.717) is 25.5 Å². The number of rotatable bonds is 3. The van der Waals surface area contributed by atoms with E-state index in [1.165, 1.54) is 6.07 Å². The summed E-state index contributed by atoms with van der Waals surface area (Å²) in [6.45, 7) is 3.26. The molecule has 3 rings (SSSR count). The first-order chi connectivity index (χ1) is 10.2. The van der Waals surface area contributed by atoms with Crippen LogP contribution in [0.5, 0.6) is 0 Å². The third kappa shape index (κ3) is 2.73. The van der Waals surface area contributed by atoms with Crippen LogP contribution in [-0.2, 0) is 11.2 Å². The summed E-state index contributed by atoms with van der Waals surface area (Å²) in [5.41, 5.74) is 0. The van der Waals surface area contributed by atoms with Crippen LogP contribution in [0.15, 0.2) is 28.0 Å². The SMILES string of the molecule is CCc1ccc(C2COCCN2C(=O)c2sccc2F)o1. The normalized spacial score (nSPS) is 19.0. The van der Waals surface area contributed by atoms with Crippen LogP contribution >= 0.6 is 11.3 Å². The van der Waals surface area contributed by atoms with Crippen LogP contribution in [0.3, 0.4) is 0 Å². The molecule has 0 bridgehead atoms. The van der Waals surface area contributed by atoms with Crippen molar-refractivity contribution in [1.29, 1.82) is 0 Å². The zero-order valence-corrected chi connectivity index (χ0v) is 12.5. The first-order valence-corrected chi connectivity index (χ1v) is 7.79. The zero-order valence-electron chi connectivity index (χ0n) is 11.7. The molecule has 1 unspecified atom stereocenters. The van der Waals surface area contributed by atoms with Gasteiger partial charge in [0.25, 0.3) is 5.91 Å². The number of morpholine rings is 1. The molecule has 21 heavy (non-hydrogen) atoms. The summed E-state index contributed by atoms with van der Waals surface area (Å²) in [7, 11) is 0. The Labute approximate surface area is 126 Å². The largest absolute Gasteiger partial charge is 0.464 e. The number of nitrogens with zero attached hydrogens (tertiary/aromatic N) is 1. The quantitative estimate of drug-likeness (QED) is 0.874. The summed E-state index contributed by atoms with van der Waals surface area (Å²) in [4.78, 5) is 14.3. The Morgan fingerprint density at radius 2 is 2.33 bits per heavy atom. The van der Waals surface area contributed by atoms with E-state index in [1.807, 2.05) is 19.1 Å². The van der Waals surface area contributed by atoms with Crippen molar-refractivity contribution < 1.29 is 18.3 Å². The van der Waals surface area contributed by atoms with Crippen molar-refractivity contribution in [3.63, 3.8) is 0 Å². The lowest BCUT2D eigenvalue weighted by atomic mass is 10.1. The molecule has 0 spiro atoms. The van der Waals surface area contributed by atoms with E-state index in [0.717, 1.165) is 23.5 Å². The van der Waals surface area contributed by atoms with Crippen LogP contribution in [0.2, 0.25) is 0 Å². The minimum absolute atomic E-state index is 0.143. The second-order valence-corrected chi connectivity index (χ2v) is 5.76. The molecule has 2 aromatic heterocycles. The first kappa shape index (κ1) is 14.3. The van der Waals surface area contributed by atoms with Gasteiger partial charge in [-0.1, -0.05) is 6.92 Å². The average molecular weight is 309 g/mol. The summed E-state index contributed by atoms with van der Waals surface area (Å²) in [5, 5.41) is 1.58. The lowest BCUT2D eigenvalue weighted by Crippen LogP contribution is -2.43. The second kappa shape index (κ2) is 5.99. The van der Waals surface area contributed by atoms with Crippen molar-refractivity contribution in [2.75, 3.05) is 19.8 Å². The van der Waals surface area contributed by atoms with Crippen molar-refractivity contribution >= 4 is 17.2 Å². The molecule has 3 heterocycles. The molecule has 1 amide bonds. The minimum Gasteiger partial charge on any atom is -0.464 e. The van der Waals surface area contributed by atoms with E-state index in [4.69, 9.17) is 9.15 Å². The third-order valence-electron chi connectivity index (χ3n) is 3.56. The highest BCUT2D eigenvalue weighted by Gasteiger charge is 2.33. The van der Waals surface area contributed by atoms with Crippen molar-refractivity contribution in [3.8, 4) is 0 Å². The van der Waals surface area contributed by atoms with Gasteiger partial charge in [-0.15, -0.1) is 11.3 Å². The van der Waals surface area contributed by atoms with Crippen molar-refractivity contribution in [2.45, 2.75) is 19.4 Å². The highest BCUT2D eigenvalue weighted by Crippen LogP contribution is 2.29. The van der Waals surface area contributed by atoms with Crippen molar-refractivity contribution in [2.24, 2.45) is 0 Å². The molecule has 1 saturated heterocycles.